The number of halogens is 6. The predicted octanol–water partition coefficient (Wildman–Crippen LogP) is 4.35. The Morgan fingerprint density at radius 2 is 1.55 bits per heavy atom. The third-order valence-electron chi connectivity index (χ3n) is 5.13. The van der Waals surface area contributed by atoms with Crippen molar-refractivity contribution in [1.29, 1.82) is 0 Å². The first kappa shape index (κ1) is 24.3. The number of ether oxygens (including phenoxy) is 3. The van der Waals surface area contributed by atoms with Crippen molar-refractivity contribution in [3.05, 3.63) is 75.8 Å². The third kappa shape index (κ3) is 3.96. The standard InChI is InChI=1S/C20H15F6NO6/c1-31-14-9-7-12(8-10-14)15(11-27(29)30)17(13-5-3-2-4-6-13)16(28)32-18(33-17,19(21,22)23)20(24,25)26/h2-10,15H,11H2,1H3/t15-,17-/m0/s1. The normalized spacial score (nSPS) is 21.4. The minimum absolute atomic E-state index is 0.145. The van der Waals surface area contributed by atoms with Crippen LogP contribution in [-0.2, 0) is 19.9 Å². The number of nitro groups is 1. The number of alkyl halides is 6. The van der Waals surface area contributed by atoms with E-state index in [4.69, 9.17) is 4.74 Å². The molecule has 2 atom stereocenters. The first-order valence-corrected chi connectivity index (χ1v) is 9.17. The topological polar surface area (TPSA) is 87.9 Å². The number of esters is 1. The van der Waals surface area contributed by atoms with Gasteiger partial charge in [0.25, 0.3) is 0 Å². The Balaban J connectivity index is 2.32. The lowest BCUT2D eigenvalue weighted by Crippen LogP contribution is -2.59. The van der Waals surface area contributed by atoms with Crippen LogP contribution in [0.15, 0.2) is 54.6 Å². The van der Waals surface area contributed by atoms with Crippen LogP contribution in [0.25, 0.3) is 0 Å². The van der Waals surface area contributed by atoms with E-state index in [0.717, 1.165) is 12.1 Å². The van der Waals surface area contributed by atoms with Gasteiger partial charge < -0.3 is 14.2 Å². The quantitative estimate of drug-likeness (QED) is 0.265. The first-order valence-electron chi connectivity index (χ1n) is 9.17. The molecule has 2 aromatic rings. The van der Waals surface area contributed by atoms with Gasteiger partial charge in [-0.05, 0) is 23.3 Å². The lowest BCUT2D eigenvalue weighted by Gasteiger charge is -2.35. The number of hydrogen-bond donors (Lipinski definition) is 0. The minimum Gasteiger partial charge on any atom is -0.497 e. The summed E-state index contributed by atoms with van der Waals surface area (Å²) in [6.07, 6.45) is -12.5. The summed E-state index contributed by atoms with van der Waals surface area (Å²) in [5, 5.41) is 11.4. The van der Waals surface area contributed by atoms with Crippen LogP contribution in [0, 0.1) is 10.1 Å². The van der Waals surface area contributed by atoms with Gasteiger partial charge in [-0.25, -0.2) is 4.79 Å². The van der Waals surface area contributed by atoms with Crippen molar-refractivity contribution in [2.45, 2.75) is 29.7 Å². The monoisotopic (exact) mass is 479 g/mol. The first-order chi connectivity index (χ1) is 15.3. The molecular formula is C20H15F6NO6. The summed E-state index contributed by atoms with van der Waals surface area (Å²) in [5.41, 5.74) is -3.77. The minimum atomic E-state index is -6.24. The van der Waals surface area contributed by atoms with Gasteiger partial charge in [0.1, 0.15) is 5.75 Å². The molecule has 0 amide bonds. The average molecular weight is 479 g/mol. The van der Waals surface area contributed by atoms with Gasteiger partial charge in [0.05, 0.1) is 13.0 Å². The van der Waals surface area contributed by atoms with Gasteiger partial charge >= 0.3 is 24.1 Å². The molecular weight excluding hydrogens is 464 g/mol. The molecule has 13 heteroatoms. The number of methoxy groups -OCH3 is 1. The summed E-state index contributed by atoms with van der Waals surface area (Å²) in [4.78, 5) is 23.4. The van der Waals surface area contributed by atoms with Crippen LogP contribution in [0.4, 0.5) is 26.3 Å². The van der Waals surface area contributed by atoms with Gasteiger partial charge in [-0.1, -0.05) is 42.5 Å². The number of benzene rings is 2. The second kappa shape index (κ2) is 8.21. The SMILES string of the molecule is COc1ccc([C@H](C[N+](=O)[O-])[C@]2(c3ccccc3)OC(C(F)(F)F)(C(F)(F)F)OC2=O)cc1. The van der Waals surface area contributed by atoms with Gasteiger partial charge in [-0.3, -0.25) is 10.1 Å². The highest BCUT2D eigenvalue weighted by molar-refractivity contribution is 5.85. The van der Waals surface area contributed by atoms with E-state index in [9.17, 15) is 41.3 Å². The van der Waals surface area contributed by atoms with Gasteiger partial charge in [0.15, 0.2) is 0 Å². The van der Waals surface area contributed by atoms with E-state index in [1.54, 1.807) is 0 Å². The highest BCUT2D eigenvalue weighted by atomic mass is 19.4. The van der Waals surface area contributed by atoms with Crippen LogP contribution in [-0.4, -0.2) is 42.7 Å². The summed E-state index contributed by atoms with van der Waals surface area (Å²) in [6.45, 7) is -1.25. The Labute approximate surface area is 182 Å². The molecule has 0 aliphatic carbocycles. The highest BCUT2D eigenvalue weighted by Crippen LogP contribution is 2.58. The van der Waals surface area contributed by atoms with E-state index in [2.05, 4.69) is 9.47 Å². The number of cyclic esters (lactones) is 1. The van der Waals surface area contributed by atoms with E-state index >= 15 is 0 Å². The van der Waals surface area contributed by atoms with Crippen LogP contribution in [0.5, 0.6) is 5.75 Å². The molecule has 0 saturated carbocycles. The summed E-state index contributed by atoms with van der Waals surface area (Å²) in [6, 6.07) is 10.8. The maximum atomic E-state index is 13.7. The summed E-state index contributed by atoms with van der Waals surface area (Å²) in [7, 11) is 1.30. The van der Waals surface area contributed by atoms with E-state index in [-0.39, 0.29) is 11.3 Å². The summed E-state index contributed by atoms with van der Waals surface area (Å²) >= 11 is 0. The maximum absolute atomic E-state index is 13.7. The van der Waals surface area contributed by atoms with E-state index in [1.807, 2.05) is 0 Å². The second-order valence-corrected chi connectivity index (χ2v) is 7.05. The van der Waals surface area contributed by atoms with Crippen molar-refractivity contribution < 1.29 is 50.3 Å². The Kier molecular flexibility index (Phi) is 6.04. The largest absolute Gasteiger partial charge is 0.497 e. The molecule has 1 heterocycles. The van der Waals surface area contributed by atoms with Gasteiger partial charge in [0.2, 0.25) is 12.1 Å². The highest BCUT2D eigenvalue weighted by Gasteiger charge is 2.84. The smallest absolute Gasteiger partial charge is 0.465 e. The molecule has 0 radical (unpaired) electrons. The zero-order chi connectivity index (χ0) is 24.7. The van der Waals surface area contributed by atoms with Crippen LogP contribution in [0.2, 0.25) is 0 Å². The Morgan fingerprint density at radius 1 is 1.00 bits per heavy atom. The van der Waals surface area contributed by atoms with Crippen LogP contribution in [0.3, 0.4) is 0 Å². The molecule has 0 unspecified atom stereocenters. The molecule has 0 spiro atoms. The molecule has 0 aromatic heterocycles. The molecule has 1 aliphatic rings. The molecule has 7 nitrogen and oxygen atoms in total. The molecule has 2 aromatic carbocycles. The number of hydrogen-bond acceptors (Lipinski definition) is 6. The van der Waals surface area contributed by atoms with E-state index in [0.29, 0.717) is 0 Å². The van der Waals surface area contributed by atoms with Gasteiger partial charge in [0, 0.05) is 4.92 Å². The van der Waals surface area contributed by atoms with Crippen LogP contribution in [0.1, 0.15) is 17.0 Å². The van der Waals surface area contributed by atoms with Gasteiger partial charge in [-0.15, -0.1) is 0 Å². The Morgan fingerprint density at radius 3 is 1.97 bits per heavy atom. The fourth-order valence-electron chi connectivity index (χ4n) is 3.62. The molecule has 33 heavy (non-hydrogen) atoms. The Bertz CT molecular complexity index is 1010. The fourth-order valence-corrected chi connectivity index (χ4v) is 3.62. The molecule has 1 aliphatic heterocycles. The zero-order valence-corrected chi connectivity index (χ0v) is 16.6. The second-order valence-electron chi connectivity index (χ2n) is 7.05. The van der Waals surface area contributed by atoms with Crippen LogP contribution >= 0.6 is 0 Å². The number of carbonyl (C=O) groups excluding carboxylic acids is 1. The number of rotatable bonds is 6. The fraction of sp³-hybridized carbons (Fsp3) is 0.350. The van der Waals surface area contributed by atoms with Crippen molar-refractivity contribution in [1.82, 2.24) is 0 Å². The van der Waals surface area contributed by atoms with Crippen molar-refractivity contribution >= 4 is 5.97 Å². The lowest BCUT2D eigenvalue weighted by atomic mass is 9.77. The zero-order valence-electron chi connectivity index (χ0n) is 16.6. The maximum Gasteiger partial charge on any atom is 0.465 e. The molecule has 0 bridgehead atoms. The Hall–Kier alpha value is -3.35. The number of carbonyl (C=O) groups is 1. The third-order valence-corrected chi connectivity index (χ3v) is 5.13. The molecule has 1 saturated heterocycles. The van der Waals surface area contributed by atoms with E-state index in [1.165, 1.54) is 49.6 Å². The van der Waals surface area contributed by atoms with E-state index < -0.39 is 52.7 Å². The molecule has 3 rings (SSSR count). The molecule has 1 fully saturated rings. The average Bonchev–Trinajstić information content (AvgIpc) is 3.08. The van der Waals surface area contributed by atoms with Gasteiger partial charge in [-0.2, -0.15) is 26.3 Å². The van der Waals surface area contributed by atoms with Crippen LogP contribution < -0.4 is 4.74 Å². The number of nitrogens with zero attached hydrogens (tertiary/aromatic N) is 1. The molecule has 178 valence electrons. The van der Waals surface area contributed by atoms with Crippen molar-refractivity contribution in [2.75, 3.05) is 13.7 Å². The predicted molar refractivity (Wildman–Crippen MR) is 97.7 cm³/mol. The van der Waals surface area contributed by atoms with Crippen molar-refractivity contribution in [3.8, 4) is 5.75 Å². The lowest BCUT2D eigenvalue weighted by molar-refractivity contribution is -0.491. The van der Waals surface area contributed by atoms with Crippen molar-refractivity contribution in [2.24, 2.45) is 0 Å². The summed E-state index contributed by atoms with van der Waals surface area (Å²) < 4.78 is 95.6. The molecule has 0 N–H and O–H groups in total. The van der Waals surface area contributed by atoms with Crippen molar-refractivity contribution in [3.63, 3.8) is 0 Å². The summed E-state index contributed by atoms with van der Waals surface area (Å²) in [5.74, 6) is -9.07.